The average molecular weight is 2290 g/mol. The van der Waals surface area contributed by atoms with Crippen molar-refractivity contribution in [2.75, 3.05) is 18.9 Å². The van der Waals surface area contributed by atoms with Gasteiger partial charge < -0.3 is 35.1 Å². The van der Waals surface area contributed by atoms with Crippen LogP contribution in [0.3, 0.4) is 0 Å². The Kier molecular flexibility index (Phi) is 37.0. The number of anilines is 1. The second-order valence-electron chi connectivity index (χ2n) is 23.0. The molecule has 2 unspecified atom stereocenters. The summed E-state index contributed by atoms with van der Waals surface area (Å²) >= 11 is 3.43. The van der Waals surface area contributed by atoms with Crippen molar-refractivity contribution in [3.8, 4) is 85.0 Å². The first-order chi connectivity index (χ1) is 46.6. The van der Waals surface area contributed by atoms with Crippen LogP contribution in [0.4, 0.5) is 14.6 Å². The van der Waals surface area contributed by atoms with Gasteiger partial charge in [0, 0.05) is 129 Å². The van der Waals surface area contributed by atoms with Gasteiger partial charge in [-0.15, -0.1) is 149 Å². The zero-order chi connectivity index (χ0) is 67.9. The predicted octanol–water partition coefficient (Wildman–Crippen LogP) is 21.3. The topological polar surface area (TPSA) is 133 Å². The first kappa shape index (κ1) is 85.9. The number of nitriles is 1. The van der Waals surface area contributed by atoms with Gasteiger partial charge in [0.25, 0.3) is 0 Å². The van der Waals surface area contributed by atoms with Crippen LogP contribution in [0.1, 0.15) is 68.9 Å². The van der Waals surface area contributed by atoms with Gasteiger partial charge >= 0.3 is 0 Å². The molecule has 527 valence electrons. The van der Waals surface area contributed by atoms with E-state index in [1.807, 2.05) is 166 Å². The van der Waals surface area contributed by atoms with Crippen molar-refractivity contribution < 1.29 is 119 Å². The van der Waals surface area contributed by atoms with Crippen molar-refractivity contribution in [3.63, 3.8) is 0 Å². The second-order valence-corrected chi connectivity index (χ2v) is 23.9. The van der Waals surface area contributed by atoms with E-state index in [4.69, 9.17) is 20.5 Å². The zero-order valence-electron chi connectivity index (χ0n) is 56.7. The Bertz CT molecular complexity index is 4620. The smallest absolute Gasteiger partial charge is 0.161 e. The SMILES string of the molecule is CCC(C)COc1ccc(-c2cc[c-]c(-c3cccc(C)n3)c2)cc1OCC(C)CC.Cc1cc2ccccc2c(-c2[c-]cccc2)n1.Cc1cccc(-c2[c-]cc(F)c(C#N)c2F)n1.Cc1cccc(-c2[c-]ccc(Br)c2)n1.Nc1cc2ccccc2c(-c2[c-]cccc2)n1.[Ir].[Ir].[Ir].[Ir].[Ir]. The summed E-state index contributed by atoms with van der Waals surface area (Å²) in [5.74, 6) is 1.33. The van der Waals surface area contributed by atoms with E-state index in [0.29, 0.717) is 42.3 Å². The number of pyridine rings is 5. The fraction of sp³-hybridized carbons (Fsp3) is 0.167. The minimum Gasteiger partial charge on any atom is -0.489 e. The summed E-state index contributed by atoms with van der Waals surface area (Å²) in [7, 11) is 0. The number of halogens is 3. The molecule has 5 radical (unpaired) electrons. The normalized spacial score (nSPS) is 10.6. The van der Waals surface area contributed by atoms with E-state index >= 15 is 0 Å². The number of aryl methyl sites for hydroxylation is 4. The van der Waals surface area contributed by atoms with Crippen LogP contribution < -0.4 is 15.2 Å². The van der Waals surface area contributed by atoms with Crippen molar-refractivity contribution in [2.45, 2.75) is 68.2 Å². The summed E-state index contributed by atoms with van der Waals surface area (Å²) in [6.45, 7) is 17.9. The number of ether oxygens (including phenoxy) is 2. The molecular weight excluding hydrogens is 2220 g/mol. The maximum atomic E-state index is 13.8. The zero-order valence-corrected chi connectivity index (χ0v) is 70.3. The van der Waals surface area contributed by atoms with Crippen molar-refractivity contribution in [3.05, 3.63) is 299 Å². The first-order valence-corrected chi connectivity index (χ1v) is 32.5. The third-order valence-corrected chi connectivity index (χ3v) is 15.9. The molecule has 8 aromatic carbocycles. The van der Waals surface area contributed by atoms with Crippen molar-refractivity contribution in [2.24, 2.45) is 11.8 Å². The number of hydrogen-bond donors (Lipinski definition) is 1. The van der Waals surface area contributed by atoms with Gasteiger partial charge in [0.15, 0.2) is 11.5 Å². The van der Waals surface area contributed by atoms with Crippen LogP contribution in [0.15, 0.2) is 229 Å². The summed E-state index contributed by atoms with van der Waals surface area (Å²) in [4.78, 5) is 22.2. The molecule has 0 aliphatic rings. The average Bonchev–Trinajstić information content (AvgIpc) is 0.813. The number of nitrogen functional groups attached to an aromatic ring is 1. The number of benzene rings is 8. The standard InChI is InChI=1S/C28H34NO2.C16H12N.C15H11N2.C13H7F2N2.C12H9BrN.5Ir/c1-6-20(3)18-30-27-15-14-24(17-28(27)31-19-21(4)7-2)23-11-9-12-25(16-23)26-13-8-10-22(5)29-26;1-12-11-14-9-5-6-10-15(14)16(17-12)13-7-3-2-4-8-13;16-14-10-12-8-4-5-9-13(12)15(17-14)11-6-2-1-3-7-11;1-8-3-2-4-12(17-8)9-5-6-11(14)10(7-16)13(9)15;1-9-4-2-7-12(14-9)10-5-3-6-11(13)8-10;;;;;/h8-11,13-17,20-21H,6-7,18-19H2,1-5H3;2-7,9-11H,1H3;1-6,8-10H,(H2,16,17);2-4,6H,1H3;2-4,6-8H,1H3;;;;;/q5*-1;;;;;. The largest absolute Gasteiger partial charge is 0.489 e. The van der Waals surface area contributed by atoms with E-state index in [9.17, 15) is 8.78 Å². The quantitative estimate of drug-likeness (QED) is 0.106. The predicted molar refractivity (Wildman–Crippen MR) is 389 cm³/mol. The Hall–Kier alpha value is -7.49. The number of nitrogens with zero attached hydrogens (tertiary/aromatic N) is 6. The Labute approximate surface area is 669 Å². The van der Waals surface area contributed by atoms with Crippen molar-refractivity contribution >= 4 is 43.3 Å². The molecule has 0 bridgehead atoms. The molecular formula is C84H73BrF2Ir5N7O2-5. The molecule has 0 saturated heterocycles. The monoisotopic (exact) mass is 2290 g/mol. The van der Waals surface area contributed by atoms with Crippen molar-refractivity contribution in [1.29, 1.82) is 5.26 Å². The Morgan fingerprint density at radius 2 is 0.941 bits per heavy atom. The number of rotatable bonds is 14. The minimum atomic E-state index is -0.925. The molecule has 0 aliphatic heterocycles. The number of nitrogens with two attached hydrogens (primary N) is 1. The van der Waals surface area contributed by atoms with Crippen molar-refractivity contribution in [1.82, 2.24) is 24.9 Å². The minimum absolute atomic E-state index is 0. The molecule has 5 heterocycles. The van der Waals surface area contributed by atoms with E-state index in [0.717, 1.165) is 119 Å². The van der Waals surface area contributed by atoms with E-state index in [1.54, 1.807) is 25.1 Å². The van der Waals surface area contributed by atoms with Gasteiger partial charge in [-0.2, -0.15) is 5.26 Å². The number of fused-ring (bicyclic) bond motifs is 2. The molecule has 17 heteroatoms. The van der Waals surface area contributed by atoms with Gasteiger partial charge in [0.05, 0.1) is 30.9 Å². The Morgan fingerprint density at radius 1 is 0.465 bits per heavy atom. The fourth-order valence-corrected chi connectivity index (χ4v) is 10.3. The molecule has 0 amide bonds. The van der Waals surface area contributed by atoms with E-state index in [1.165, 1.54) is 16.8 Å². The van der Waals surface area contributed by atoms with Crippen LogP contribution in [0.5, 0.6) is 11.5 Å². The van der Waals surface area contributed by atoms with Crippen LogP contribution >= 0.6 is 15.9 Å². The van der Waals surface area contributed by atoms with Crippen LogP contribution in [0.2, 0.25) is 0 Å². The molecule has 2 atom stereocenters. The maximum Gasteiger partial charge on any atom is 0.161 e. The molecule has 0 aliphatic carbocycles. The molecule has 101 heavy (non-hydrogen) atoms. The Balaban J connectivity index is 0.000000273. The summed E-state index contributed by atoms with van der Waals surface area (Å²) in [5, 5.41) is 13.3. The van der Waals surface area contributed by atoms with Crippen LogP contribution in [-0.4, -0.2) is 38.1 Å². The molecule has 0 saturated carbocycles. The van der Waals surface area contributed by atoms with E-state index in [-0.39, 0.29) is 106 Å². The maximum absolute atomic E-state index is 13.8. The Morgan fingerprint density at radius 3 is 1.47 bits per heavy atom. The molecule has 0 spiro atoms. The summed E-state index contributed by atoms with van der Waals surface area (Å²) in [5.41, 5.74) is 19.4. The molecule has 5 aromatic heterocycles. The molecule has 13 rings (SSSR count). The molecule has 13 aromatic rings. The van der Waals surface area contributed by atoms with Gasteiger partial charge in [-0.1, -0.05) is 157 Å². The first-order valence-electron chi connectivity index (χ1n) is 31.7. The van der Waals surface area contributed by atoms with E-state index < -0.39 is 17.2 Å². The van der Waals surface area contributed by atoms with Gasteiger partial charge in [-0.3, -0.25) is 13.8 Å². The summed E-state index contributed by atoms with van der Waals surface area (Å²) in [6.07, 6.45) is 2.18. The molecule has 9 nitrogen and oxygen atoms in total. The fourth-order valence-electron chi connectivity index (χ4n) is 9.90. The number of aromatic nitrogens is 5. The molecule has 2 N–H and O–H groups in total. The van der Waals surface area contributed by atoms with Crippen LogP contribution in [0.25, 0.3) is 89.0 Å². The van der Waals surface area contributed by atoms with Gasteiger partial charge in [0.1, 0.15) is 5.82 Å². The van der Waals surface area contributed by atoms with Gasteiger partial charge in [0.2, 0.25) is 0 Å². The third kappa shape index (κ3) is 24.9. The van der Waals surface area contributed by atoms with E-state index in [2.05, 4.69) is 153 Å². The second kappa shape index (κ2) is 43.5. The summed E-state index contributed by atoms with van der Waals surface area (Å²) in [6, 6.07) is 89.4. The molecule has 0 fully saturated rings. The third-order valence-electron chi connectivity index (χ3n) is 15.4. The van der Waals surface area contributed by atoms with Gasteiger partial charge in [-0.25, -0.2) is 0 Å². The van der Waals surface area contributed by atoms with Crippen LogP contribution in [-0.2, 0) is 101 Å². The van der Waals surface area contributed by atoms with Crippen LogP contribution in [0, 0.1) is 92.8 Å². The summed E-state index contributed by atoms with van der Waals surface area (Å²) < 4.78 is 40.3. The van der Waals surface area contributed by atoms with Gasteiger partial charge in [-0.05, 0) is 138 Å². The number of hydrogen-bond acceptors (Lipinski definition) is 9.